The fourth-order valence-electron chi connectivity index (χ4n) is 7.43. The number of fused-ring (bicyclic) bond motifs is 3. The van der Waals surface area contributed by atoms with E-state index in [9.17, 15) is 0 Å². The summed E-state index contributed by atoms with van der Waals surface area (Å²) in [6.07, 6.45) is 6.57. The molecule has 0 atom stereocenters. The summed E-state index contributed by atoms with van der Waals surface area (Å²) >= 11 is 0. The van der Waals surface area contributed by atoms with E-state index in [0.717, 1.165) is 24.2 Å². The normalized spacial score (nSPS) is 12.9. The van der Waals surface area contributed by atoms with Crippen molar-refractivity contribution in [2.45, 2.75) is 12.8 Å². The van der Waals surface area contributed by atoms with Gasteiger partial charge in [0.15, 0.2) is 0 Å². The lowest BCUT2D eigenvalue weighted by Gasteiger charge is -2.30. The molecular weight excluding hydrogens is 605 g/mol. The van der Waals surface area contributed by atoms with E-state index in [4.69, 9.17) is 0 Å². The first-order valence-electron chi connectivity index (χ1n) is 17.4. The van der Waals surface area contributed by atoms with Gasteiger partial charge in [-0.2, -0.15) is 0 Å². The Morgan fingerprint density at radius 1 is 0.360 bits per heavy atom. The first-order valence-corrected chi connectivity index (χ1v) is 17.4. The largest absolute Gasteiger partial charge is 0.314 e. The van der Waals surface area contributed by atoms with Gasteiger partial charge in [-0.05, 0) is 101 Å². The molecule has 1 heterocycles. The van der Waals surface area contributed by atoms with E-state index < -0.39 is 0 Å². The molecule has 9 rings (SSSR count). The minimum atomic E-state index is 0.965. The van der Waals surface area contributed by atoms with Crippen LogP contribution in [-0.2, 0) is 0 Å². The number of hydrogen-bond acceptors (Lipinski definition) is 1. The molecule has 2 nitrogen and oxygen atoms in total. The van der Waals surface area contributed by atoms with Crippen LogP contribution in [-0.4, -0.2) is 4.57 Å². The van der Waals surface area contributed by atoms with Crippen molar-refractivity contribution < 1.29 is 0 Å². The third kappa shape index (κ3) is 5.51. The Bertz CT molecular complexity index is 2430. The standard InChI is InChI=1S/C48H36N2/c1-3-11-35(12-4-1)37-19-27-41(28-20-37)49(42-29-21-38(22-30-42)36-13-5-2-6-14-36)43-31-23-39(24-32-43)40-25-33-44(34-26-40)50-47-17-9-7-15-45(47)46-16-8-10-18-48(46)50/h1-21,23-29,31-34H,22,30H2. The molecule has 0 radical (unpaired) electrons. The van der Waals surface area contributed by atoms with Crippen molar-refractivity contribution in [2.24, 2.45) is 0 Å². The highest BCUT2D eigenvalue weighted by Crippen LogP contribution is 2.38. The molecular formula is C48H36N2. The highest BCUT2D eigenvalue weighted by molar-refractivity contribution is 6.09. The molecule has 0 amide bonds. The zero-order chi connectivity index (χ0) is 33.3. The van der Waals surface area contributed by atoms with Gasteiger partial charge in [0.2, 0.25) is 0 Å². The van der Waals surface area contributed by atoms with Gasteiger partial charge in [-0.15, -0.1) is 0 Å². The number of hydrogen-bond donors (Lipinski definition) is 0. The molecule has 0 aliphatic heterocycles. The molecule has 2 heteroatoms. The van der Waals surface area contributed by atoms with Crippen LogP contribution in [0.1, 0.15) is 18.4 Å². The Morgan fingerprint density at radius 3 is 1.30 bits per heavy atom. The monoisotopic (exact) mass is 640 g/mol. The van der Waals surface area contributed by atoms with Gasteiger partial charge in [0, 0.05) is 33.5 Å². The fraction of sp³-hybridized carbons (Fsp3) is 0.0417. The maximum atomic E-state index is 2.42. The zero-order valence-corrected chi connectivity index (χ0v) is 27.8. The molecule has 50 heavy (non-hydrogen) atoms. The van der Waals surface area contributed by atoms with Crippen molar-refractivity contribution in [1.29, 1.82) is 0 Å². The van der Waals surface area contributed by atoms with Gasteiger partial charge in [-0.1, -0.05) is 140 Å². The van der Waals surface area contributed by atoms with Crippen LogP contribution >= 0.6 is 0 Å². The lowest BCUT2D eigenvalue weighted by molar-refractivity contribution is 0.930. The molecule has 0 fully saturated rings. The van der Waals surface area contributed by atoms with Crippen LogP contribution in [0.5, 0.6) is 0 Å². The second-order valence-corrected chi connectivity index (χ2v) is 12.9. The fourth-order valence-corrected chi connectivity index (χ4v) is 7.43. The molecule has 1 aromatic heterocycles. The van der Waals surface area contributed by atoms with E-state index in [1.807, 2.05) is 0 Å². The number of rotatable bonds is 7. The van der Waals surface area contributed by atoms with Crippen molar-refractivity contribution in [3.63, 3.8) is 0 Å². The molecule has 1 aliphatic carbocycles. The van der Waals surface area contributed by atoms with E-state index in [2.05, 4.69) is 204 Å². The molecule has 1 aliphatic rings. The highest BCUT2D eigenvalue weighted by atomic mass is 15.1. The Labute approximate surface area is 293 Å². The van der Waals surface area contributed by atoms with E-state index in [1.165, 1.54) is 66.6 Å². The predicted molar refractivity (Wildman–Crippen MR) is 212 cm³/mol. The van der Waals surface area contributed by atoms with E-state index in [0.29, 0.717) is 0 Å². The number of para-hydroxylation sites is 2. The summed E-state index contributed by atoms with van der Waals surface area (Å²) in [7, 11) is 0. The van der Waals surface area contributed by atoms with Gasteiger partial charge < -0.3 is 9.47 Å². The van der Waals surface area contributed by atoms with E-state index in [-0.39, 0.29) is 0 Å². The molecule has 8 aromatic rings. The Morgan fingerprint density at radius 2 is 0.800 bits per heavy atom. The summed E-state index contributed by atoms with van der Waals surface area (Å²) in [5, 5.41) is 2.56. The molecule has 238 valence electrons. The maximum absolute atomic E-state index is 2.42. The summed E-state index contributed by atoms with van der Waals surface area (Å²) in [4.78, 5) is 2.42. The molecule has 0 N–H and O–H groups in total. The zero-order valence-electron chi connectivity index (χ0n) is 27.8. The average molecular weight is 641 g/mol. The second-order valence-electron chi connectivity index (χ2n) is 12.9. The molecule has 0 spiro atoms. The molecule has 0 saturated heterocycles. The lowest BCUT2D eigenvalue weighted by atomic mass is 9.95. The Kier molecular flexibility index (Phi) is 7.68. The van der Waals surface area contributed by atoms with Crippen molar-refractivity contribution in [3.05, 3.63) is 205 Å². The first-order chi connectivity index (χ1) is 24.8. The van der Waals surface area contributed by atoms with Gasteiger partial charge in [0.1, 0.15) is 0 Å². The van der Waals surface area contributed by atoms with Gasteiger partial charge >= 0.3 is 0 Å². The van der Waals surface area contributed by atoms with Crippen molar-refractivity contribution in [3.8, 4) is 27.9 Å². The summed E-state index contributed by atoms with van der Waals surface area (Å²) < 4.78 is 2.37. The Balaban J connectivity index is 1.05. The summed E-state index contributed by atoms with van der Waals surface area (Å²) in [6.45, 7) is 0. The first kappa shape index (κ1) is 29.7. The number of anilines is 2. The van der Waals surface area contributed by atoms with Gasteiger partial charge in [-0.3, -0.25) is 0 Å². The van der Waals surface area contributed by atoms with Gasteiger partial charge in [0.05, 0.1) is 11.0 Å². The lowest BCUT2D eigenvalue weighted by Crippen LogP contribution is -2.17. The molecule has 7 aromatic carbocycles. The summed E-state index contributed by atoms with van der Waals surface area (Å²) in [5.74, 6) is 0. The van der Waals surface area contributed by atoms with Crippen LogP contribution in [0.4, 0.5) is 11.4 Å². The number of aromatic nitrogens is 1. The van der Waals surface area contributed by atoms with E-state index in [1.54, 1.807) is 0 Å². The van der Waals surface area contributed by atoms with Crippen LogP contribution in [0.15, 0.2) is 200 Å². The Hall–Kier alpha value is -6.38. The van der Waals surface area contributed by atoms with Crippen LogP contribution in [0, 0.1) is 0 Å². The second kappa shape index (κ2) is 12.9. The highest BCUT2D eigenvalue weighted by Gasteiger charge is 2.19. The molecule has 0 bridgehead atoms. The van der Waals surface area contributed by atoms with Crippen molar-refractivity contribution in [2.75, 3.05) is 4.90 Å². The van der Waals surface area contributed by atoms with E-state index >= 15 is 0 Å². The number of allylic oxidation sites excluding steroid dienone is 4. The van der Waals surface area contributed by atoms with Gasteiger partial charge in [0.25, 0.3) is 0 Å². The quantitative estimate of drug-likeness (QED) is 0.168. The SMILES string of the molecule is C1=C(c2ccccc2)CCC(N(c2ccc(-c3ccccc3)cc2)c2ccc(-c3ccc(-n4c5ccccc5c5ccccc54)cc3)cc2)=C1. The van der Waals surface area contributed by atoms with Crippen molar-refractivity contribution in [1.82, 2.24) is 4.57 Å². The van der Waals surface area contributed by atoms with Gasteiger partial charge in [-0.25, -0.2) is 0 Å². The average Bonchev–Trinajstić information content (AvgIpc) is 3.54. The minimum absolute atomic E-state index is 0.965. The minimum Gasteiger partial charge on any atom is -0.314 e. The smallest absolute Gasteiger partial charge is 0.0541 e. The summed E-state index contributed by atoms with van der Waals surface area (Å²) in [5.41, 5.74) is 14.8. The topological polar surface area (TPSA) is 8.17 Å². The molecule has 0 unspecified atom stereocenters. The third-order valence-corrected chi connectivity index (χ3v) is 9.96. The number of nitrogens with zero attached hydrogens (tertiary/aromatic N) is 2. The maximum Gasteiger partial charge on any atom is 0.0541 e. The summed E-state index contributed by atoms with van der Waals surface area (Å²) in [6, 6.07) is 65.6. The third-order valence-electron chi connectivity index (χ3n) is 9.96. The van der Waals surface area contributed by atoms with Crippen LogP contribution in [0.25, 0.3) is 55.3 Å². The van der Waals surface area contributed by atoms with Crippen LogP contribution in [0.3, 0.4) is 0 Å². The van der Waals surface area contributed by atoms with Crippen LogP contribution in [0.2, 0.25) is 0 Å². The van der Waals surface area contributed by atoms with Crippen LogP contribution < -0.4 is 4.90 Å². The predicted octanol–water partition coefficient (Wildman–Crippen LogP) is 13.0. The van der Waals surface area contributed by atoms with Crippen molar-refractivity contribution >= 4 is 38.8 Å². The number of benzene rings is 7. The molecule has 0 saturated carbocycles.